The van der Waals surface area contributed by atoms with Crippen molar-refractivity contribution in [3.05, 3.63) is 28.7 Å². The molecule has 0 unspecified atom stereocenters. The summed E-state index contributed by atoms with van der Waals surface area (Å²) in [5.41, 5.74) is 0. The number of hydrogen-bond donors (Lipinski definition) is 0. The van der Waals surface area contributed by atoms with Crippen molar-refractivity contribution in [2.24, 2.45) is 0 Å². The first kappa shape index (κ1) is 9.53. The van der Waals surface area contributed by atoms with Crippen LogP contribution in [-0.4, -0.2) is 10.9 Å². The first-order valence-corrected chi connectivity index (χ1v) is 6.01. The molecule has 2 rings (SSSR count). The minimum atomic E-state index is 0.402. The molecule has 0 heterocycles. The fraction of sp³-hybridized carbons (Fsp3) is 0.400. The molecule has 1 aliphatic carbocycles. The maximum Gasteiger partial charge on any atom is 0.120 e. The Hall–Kier alpha value is -0.0200. The summed E-state index contributed by atoms with van der Waals surface area (Å²) in [5, 5.41) is 0. The van der Waals surface area contributed by atoms with E-state index in [1.54, 1.807) is 0 Å². The van der Waals surface area contributed by atoms with Crippen molar-refractivity contribution in [3.8, 4) is 5.75 Å². The van der Waals surface area contributed by atoms with Crippen molar-refractivity contribution in [2.75, 3.05) is 0 Å². The van der Waals surface area contributed by atoms with Crippen molar-refractivity contribution in [3.63, 3.8) is 0 Å². The number of hydrogen-bond acceptors (Lipinski definition) is 1. The van der Waals surface area contributed by atoms with Crippen LogP contribution in [0, 0.1) is 0 Å². The van der Waals surface area contributed by atoms with Gasteiger partial charge in [0, 0.05) is 9.30 Å². The van der Waals surface area contributed by atoms with Gasteiger partial charge in [0.2, 0.25) is 0 Å². The lowest BCUT2D eigenvalue weighted by molar-refractivity contribution is 0.128. The standard InChI is InChI=1S/C10H10Br2O/c11-7-2-1-3-9(4-7)13-10-5-8(12)6-10/h1-4,8,10H,5-6H2. The average Bonchev–Trinajstić information content (AvgIpc) is 2.01. The Labute approximate surface area is 94.7 Å². The Morgan fingerprint density at radius 1 is 1.31 bits per heavy atom. The second-order valence-electron chi connectivity index (χ2n) is 3.27. The van der Waals surface area contributed by atoms with Crippen LogP contribution in [0.3, 0.4) is 0 Å². The first-order chi connectivity index (χ1) is 6.24. The Kier molecular flexibility index (Phi) is 2.94. The maximum absolute atomic E-state index is 5.74. The molecule has 1 fully saturated rings. The smallest absolute Gasteiger partial charge is 0.120 e. The van der Waals surface area contributed by atoms with Crippen molar-refractivity contribution in [2.45, 2.75) is 23.8 Å². The normalized spacial score (nSPS) is 26.6. The molecule has 1 nitrogen and oxygen atoms in total. The highest BCUT2D eigenvalue weighted by Gasteiger charge is 2.28. The lowest BCUT2D eigenvalue weighted by Crippen LogP contribution is -2.33. The van der Waals surface area contributed by atoms with Crippen LogP contribution in [0.5, 0.6) is 5.75 Å². The third-order valence-electron chi connectivity index (χ3n) is 2.14. The van der Waals surface area contributed by atoms with E-state index in [0.29, 0.717) is 10.9 Å². The van der Waals surface area contributed by atoms with Gasteiger partial charge in [0.25, 0.3) is 0 Å². The van der Waals surface area contributed by atoms with Crippen molar-refractivity contribution in [1.82, 2.24) is 0 Å². The van der Waals surface area contributed by atoms with Crippen LogP contribution < -0.4 is 4.74 Å². The van der Waals surface area contributed by atoms with Crippen LogP contribution in [0.1, 0.15) is 12.8 Å². The van der Waals surface area contributed by atoms with Gasteiger partial charge in [-0.15, -0.1) is 0 Å². The second kappa shape index (κ2) is 4.01. The van der Waals surface area contributed by atoms with Crippen LogP contribution >= 0.6 is 31.9 Å². The molecule has 1 saturated carbocycles. The molecule has 0 N–H and O–H groups in total. The van der Waals surface area contributed by atoms with Gasteiger partial charge >= 0.3 is 0 Å². The number of alkyl halides is 1. The monoisotopic (exact) mass is 304 g/mol. The van der Waals surface area contributed by atoms with Crippen LogP contribution in [0.25, 0.3) is 0 Å². The summed E-state index contributed by atoms with van der Waals surface area (Å²) in [7, 11) is 0. The molecule has 3 heteroatoms. The number of benzene rings is 1. The molecule has 0 radical (unpaired) electrons. The zero-order valence-corrected chi connectivity index (χ0v) is 10.2. The molecule has 0 saturated heterocycles. The van der Waals surface area contributed by atoms with Gasteiger partial charge in [-0.05, 0) is 31.0 Å². The largest absolute Gasteiger partial charge is 0.490 e. The zero-order valence-electron chi connectivity index (χ0n) is 7.04. The van der Waals surface area contributed by atoms with Gasteiger partial charge in [-0.1, -0.05) is 37.9 Å². The fourth-order valence-corrected chi connectivity index (χ4v) is 2.54. The van der Waals surface area contributed by atoms with E-state index < -0.39 is 0 Å². The molecule has 0 atom stereocenters. The maximum atomic E-state index is 5.74. The van der Waals surface area contributed by atoms with E-state index in [2.05, 4.69) is 31.9 Å². The highest BCUT2D eigenvalue weighted by atomic mass is 79.9. The van der Waals surface area contributed by atoms with Crippen molar-refractivity contribution < 1.29 is 4.74 Å². The van der Waals surface area contributed by atoms with Crippen molar-refractivity contribution >= 4 is 31.9 Å². The van der Waals surface area contributed by atoms with Gasteiger partial charge in [-0.2, -0.15) is 0 Å². The molecule has 0 spiro atoms. The minimum absolute atomic E-state index is 0.402. The zero-order chi connectivity index (χ0) is 9.26. The summed E-state index contributed by atoms with van der Waals surface area (Å²) < 4.78 is 6.81. The van der Waals surface area contributed by atoms with Gasteiger partial charge in [0.15, 0.2) is 0 Å². The van der Waals surface area contributed by atoms with E-state index in [9.17, 15) is 0 Å². The van der Waals surface area contributed by atoms with Crippen LogP contribution in [-0.2, 0) is 0 Å². The molecule has 1 aromatic rings. The topological polar surface area (TPSA) is 9.23 Å². The molecule has 0 aliphatic heterocycles. The molecular formula is C10H10Br2O. The Bertz CT molecular complexity index is 295. The summed E-state index contributed by atoms with van der Waals surface area (Å²) in [6.07, 6.45) is 2.64. The van der Waals surface area contributed by atoms with E-state index in [-0.39, 0.29) is 0 Å². The van der Waals surface area contributed by atoms with Gasteiger partial charge in [0.05, 0.1) is 0 Å². The number of rotatable bonds is 2. The summed E-state index contributed by atoms with van der Waals surface area (Å²) in [6.45, 7) is 0. The Balaban J connectivity index is 1.94. The second-order valence-corrected chi connectivity index (χ2v) is 5.48. The van der Waals surface area contributed by atoms with E-state index in [1.807, 2.05) is 24.3 Å². The molecule has 13 heavy (non-hydrogen) atoms. The summed E-state index contributed by atoms with van der Waals surface area (Å²) in [5.74, 6) is 0.957. The van der Waals surface area contributed by atoms with E-state index >= 15 is 0 Å². The summed E-state index contributed by atoms with van der Waals surface area (Å²) in [4.78, 5) is 0.657. The SMILES string of the molecule is Brc1cccc(OC2CC(Br)C2)c1. The molecule has 1 aromatic carbocycles. The minimum Gasteiger partial charge on any atom is -0.490 e. The highest BCUT2D eigenvalue weighted by Crippen LogP contribution is 2.31. The molecule has 0 aromatic heterocycles. The van der Waals surface area contributed by atoms with Gasteiger partial charge < -0.3 is 4.74 Å². The molecule has 0 bridgehead atoms. The molecular weight excluding hydrogens is 296 g/mol. The summed E-state index contributed by atoms with van der Waals surface area (Å²) in [6, 6.07) is 7.98. The third kappa shape index (κ3) is 2.47. The van der Waals surface area contributed by atoms with E-state index in [4.69, 9.17) is 4.74 Å². The third-order valence-corrected chi connectivity index (χ3v) is 3.38. The molecule has 70 valence electrons. The summed E-state index contributed by atoms with van der Waals surface area (Å²) >= 11 is 6.95. The van der Waals surface area contributed by atoms with E-state index in [1.165, 1.54) is 0 Å². The Morgan fingerprint density at radius 3 is 2.69 bits per heavy atom. The highest BCUT2D eigenvalue weighted by molar-refractivity contribution is 9.10. The Morgan fingerprint density at radius 2 is 2.08 bits per heavy atom. The lowest BCUT2D eigenvalue weighted by Gasteiger charge is -2.31. The van der Waals surface area contributed by atoms with Crippen LogP contribution in [0.15, 0.2) is 28.7 Å². The van der Waals surface area contributed by atoms with Gasteiger partial charge in [-0.3, -0.25) is 0 Å². The predicted octanol–water partition coefficient (Wildman–Crippen LogP) is 3.75. The number of ether oxygens (including phenoxy) is 1. The lowest BCUT2D eigenvalue weighted by atomic mass is 9.96. The first-order valence-electron chi connectivity index (χ1n) is 4.30. The van der Waals surface area contributed by atoms with Gasteiger partial charge in [0.1, 0.15) is 11.9 Å². The van der Waals surface area contributed by atoms with Crippen LogP contribution in [0.4, 0.5) is 0 Å². The average molecular weight is 306 g/mol. The van der Waals surface area contributed by atoms with Gasteiger partial charge in [-0.25, -0.2) is 0 Å². The van der Waals surface area contributed by atoms with E-state index in [0.717, 1.165) is 23.1 Å². The fourth-order valence-electron chi connectivity index (χ4n) is 1.33. The van der Waals surface area contributed by atoms with Crippen LogP contribution in [0.2, 0.25) is 0 Å². The quantitative estimate of drug-likeness (QED) is 0.756. The van der Waals surface area contributed by atoms with Crippen molar-refractivity contribution in [1.29, 1.82) is 0 Å². The predicted molar refractivity (Wildman–Crippen MR) is 60.5 cm³/mol. The number of halogens is 2. The molecule has 1 aliphatic rings. The molecule has 0 amide bonds.